The molecule has 142 valence electrons. The lowest BCUT2D eigenvalue weighted by Crippen LogP contribution is -2.44. The molecule has 26 heavy (non-hydrogen) atoms. The highest BCUT2D eigenvalue weighted by atomic mass is 16.2. The highest BCUT2D eigenvalue weighted by molar-refractivity contribution is 6.54. The van der Waals surface area contributed by atoms with Gasteiger partial charge in [0.1, 0.15) is 0 Å². The van der Waals surface area contributed by atoms with Crippen LogP contribution in [0.5, 0.6) is 0 Å². The number of benzene rings is 1. The lowest BCUT2D eigenvalue weighted by molar-refractivity contribution is -0.112. The number of carbonyl (C=O) groups excluding carboxylic acids is 2. The highest BCUT2D eigenvalue weighted by Gasteiger charge is 2.34. The summed E-state index contributed by atoms with van der Waals surface area (Å²) in [6.07, 6.45) is 0. The lowest BCUT2D eigenvalue weighted by atomic mass is 10.1. The van der Waals surface area contributed by atoms with Gasteiger partial charge in [0.25, 0.3) is 5.91 Å². The Balaban J connectivity index is 2.29. The van der Waals surface area contributed by atoms with Gasteiger partial charge in [0, 0.05) is 37.8 Å². The molecule has 1 heterocycles. The number of nitrogens with one attached hydrogen (secondary N) is 2. The van der Waals surface area contributed by atoms with Crippen molar-refractivity contribution in [3.8, 4) is 0 Å². The van der Waals surface area contributed by atoms with E-state index in [1.165, 1.54) is 7.05 Å². The van der Waals surface area contributed by atoms with Crippen LogP contribution in [0.3, 0.4) is 0 Å². The lowest BCUT2D eigenvalue weighted by Gasteiger charge is -2.32. The van der Waals surface area contributed by atoms with Gasteiger partial charge in [-0.2, -0.15) is 5.10 Å². The minimum Gasteiger partial charge on any atom is -0.340 e. The van der Waals surface area contributed by atoms with E-state index >= 15 is 0 Å². The van der Waals surface area contributed by atoms with E-state index in [0.717, 1.165) is 23.4 Å². The number of rotatable bonds is 6. The number of amides is 3. The molecular weight excluding hydrogens is 330 g/mol. The van der Waals surface area contributed by atoms with E-state index in [1.54, 1.807) is 4.90 Å². The van der Waals surface area contributed by atoms with Crippen molar-refractivity contribution in [2.24, 2.45) is 5.10 Å². The number of nitrogens with zero attached hydrogens (tertiary/aromatic N) is 3. The molecule has 2 rings (SSSR count). The maximum atomic E-state index is 12.9. The summed E-state index contributed by atoms with van der Waals surface area (Å²) in [7, 11) is 1.50. The molecule has 1 aliphatic heterocycles. The van der Waals surface area contributed by atoms with Crippen LogP contribution >= 0.6 is 0 Å². The molecule has 0 atom stereocenters. The number of anilines is 1. The maximum Gasteiger partial charge on any atom is 0.334 e. The molecule has 1 aliphatic rings. The van der Waals surface area contributed by atoms with Crippen molar-refractivity contribution < 1.29 is 9.59 Å². The van der Waals surface area contributed by atoms with Crippen LogP contribution in [0, 0.1) is 6.92 Å². The second-order valence-corrected chi connectivity index (χ2v) is 7.05. The molecule has 2 N–H and O–H groups in total. The number of fused-ring (bicyclic) bond motifs is 1. The first-order valence-corrected chi connectivity index (χ1v) is 9.00. The maximum absolute atomic E-state index is 12.9. The fourth-order valence-corrected chi connectivity index (χ4v) is 3.25. The van der Waals surface area contributed by atoms with Crippen LogP contribution in [0.4, 0.5) is 10.5 Å². The van der Waals surface area contributed by atoms with Crippen LogP contribution < -0.4 is 15.6 Å². The molecule has 1 aromatic carbocycles. The third-order valence-corrected chi connectivity index (χ3v) is 4.55. The Labute approximate surface area is 155 Å². The van der Waals surface area contributed by atoms with Gasteiger partial charge in [-0.25, -0.2) is 10.2 Å². The molecule has 0 aliphatic carbocycles. The molecule has 1 aromatic rings. The molecule has 0 fully saturated rings. The standard InChI is InChI=1S/C19H29N5O2/c1-12(2)23(13(3)4)9-10-24-16-8-7-14(5)11-15(16)17(18(24)25)21-22-19(26)20-6/h7-8,11-13H,9-10H2,1-6H3,(H2,20,22,26). The summed E-state index contributed by atoms with van der Waals surface area (Å²) in [5, 5.41) is 6.48. The number of hydrogen-bond acceptors (Lipinski definition) is 4. The fraction of sp³-hybridized carbons (Fsp3) is 0.526. The van der Waals surface area contributed by atoms with E-state index in [1.807, 2.05) is 25.1 Å². The normalized spacial score (nSPS) is 15.3. The minimum atomic E-state index is -0.455. The summed E-state index contributed by atoms with van der Waals surface area (Å²) in [5.41, 5.74) is 5.27. The van der Waals surface area contributed by atoms with E-state index in [2.05, 4.69) is 48.4 Å². The van der Waals surface area contributed by atoms with Crippen molar-refractivity contribution in [3.63, 3.8) is 0 Å². The van der Waals surface area contributed by atoms with Gasteiger partial charge < -0.3 is 10.2 Å². The Hall–Kier alpha value is -2.41. The molecular formula is C19H29N5O2. The average molecular weight is 359 g/mol. The van der Waals surface area contributed by atoms with Gasteiger partial charge in [0.05, 0.1) is 5.69 Å². The second-order valence-electron chi connectivity index (χ2n) is 7.05. The largest absolute Gasteiger partial charge is 0.340 e. The molecule has 0 spiro atoms. The number of urea groups is 1. The third kappa shape index (κ3) is 4.22. The quantitative estimate of drug-likeness (QED) is 0.764. The van der Waals surface area contributed by atoms with E-state index in [9.17, 15) is 9.59 Å². The zero-order chi connectivity index (χ0) is 19.4. The summed E-state index contributed by atoms with van der Waals surface area (Å²) in [6, 6.07) is 6.20. The van der Waals surface area contributed by atoms with Crippen LogP contribution in [-0.2, 0) is 4.79 Å². The van der Waals surface area contributed by atoms with Gasteiger partial charge in [0.2, 0.25) is 0 Å². The van der Waals surface area contributed by atoms with Gasteiger partial charge in [0.15, 0.2) is 5.71 Å². The summed E-state index contributed by atoms with van der Waals surface area (Å²) >= 11 is 0. The molecule has 7 nitrogen and oxygen atoms in total. The number of carbonyl (C=O) groups is 2. The number of hydrogen-bond donors (Lipinski definition) is 2. The molecule has 0 unspecified atom stereocenters. The Morgan fingerprint density at radius 2 is 1.88 bits per heavy atom. The third-order valence-electron chi connectivity index (χ3n) is 4.55. The first-order valence-electron chi connectivity index (χ1n) is 9.00. The SMILES string of the molecule is CNC(=O)NN=C1C(=O)N(CCN(C(C)C)C(C)C)c2ccc(C)cc21. The second kappa shape index (κ2) is 8.31. The Morgan fingerprint density at radius 3 is 2.46 bits per heavy atom. The van der Waals surface area contributed by atoms with Crippen molar-refractivity contribution in [1.29, 1.82) is 0 Å². The van der Waals surface area contributed by atoms with Gasteiger partial charge in [-0.05, 0) is 46.8 Å². The van der Waals surface area contributed by atoms with Gasteiger partial charge in [-0.1, -0.05) is 11.6 Å². The molecule has 0 aromatic heterocycles. The molecule has 0 saturated heterocycles. The van der Waals surface area contributed by atoms with Crippen LogP contribution in [0.2, 0.25) is 0 Å². The van der Waals surface area contributed by atoms with Crippen molar-refractivity contribution in [3.05, 3.63) is 29.3 Å². The first kappa shape index (κ1) is 19.9. The van der Waals surface area contributed by atoms with E-state index in [4.69, 9.17) is 0 Å². The summed E-state index contributed by atoms with van der Waals surface area (Å²) in [5.74, 6) is -0.186. The Bertz CT molecular complexity index is 704. The first-order chi connectivity index (χ1) is 12.3. The number of hydrazone groups is 1. The predicted octanol–water partition coefficient (Wildman–Crippen LogP) is 2.09. The summed E-state index contributed by atoms with van der Waals surface area (Å²) < 4.78 is 0. The summed E-state index contributed by atoms with van der Waals surface area (Å²) in [4.78, 5) is 28.5. The van der Waals surface area contributed by atoms with Crippen molar-refractivity contribution in [2.75, 3.05) is 25.0 Å². The van der Waals surface area contributed by atoms with Crippen LogP contribution in [0.25, 0.3) is 0 Å². The van der Waals surface area contributed by atoms with Crippen molar-refractivity contribution in [2.45, 2.75) is 46.7 Å². The van der Waals surface area contributed by atoms with E-state index < -0.39 is 6.03 Å². The van der Waals surface area contributed by atoms with Crippen LogP contribution in [0.1, 0.15) is 38.8 Å². The average Bonchev–Trinajstić information content (AvgIpc) is 2.83. The topological polar surface area (TPSA) is 77.0 Å². The monoisotopic (exact) mass is 359 g/mol. The zero-order valence-electron chi connectivity index (χ0n) is 16.5. The molecule has 7 heteroatoms. The fourth-order valence-electron chi connectivity index (χ4n) is 3.25. The van der Waals surface area contributed by atoms with E-state index in [0.29, 0.717) is 18.6 Å². The highest BCUT2D eigenvalue weighted by Crippen LogP contribution is 2.30. The smallest absolute Gasteiger partial charge is 0.334 e. The minimum absolute atomic E-state index is 0.186. The van der Waals surface area contributed by atoms with Gasteiger partial charge in [-0.15, -0.1) is 0 Å². The van der Waals surface area contributed by atoms with Gasteiger partial charge >= 0.3 is 6.03 Å². The van der Waals surface area contributed by atoms with Crippen molar-refractivity contribution in [1.82, 2.24) is 15.6 Å². The number of aryl methyl sites for hydroxylation is 1. The molecule has 0 saturated carbocycles. The molecule has 3 amide bonds. The zero-order valence-corrected chi connectivity index (χ0v) is 16.5. The molecule has 0 radical (unpaired) electrons. The molecule has 0 bridgehead atoms. The van der Waals surface area contributed by atoms with Gasteiger partial charge in [-0.3, -0.25) is 9.69 Å². The Morgan fingerprint density at radius 1 is 1.23 bits per heavy atom. The van der Waals surface area contributed by atoms with Crippen LogP contribution in [0.15, 0.2) is 23.3 Å². The predicted molar refractivity (Wildman–Crippen MR) is 105 cm³/mol. The summed E-state index contributed by atoms with van der Waals surface area (Å²) in [6.45, 7) is 11.9. The Kier molecular flexibility index (Phi) is 6.37. The van der Waals surface area contributed by atoms with E-state index in [-0.39, 0.29) is 11.6 Å². The van der Waals surface area contributed by atoms with Crippen LogP contribution in [-0.4, -0.2) is 54.8 Å². The van der Waals surface area contributed by atoms with Crippen molar-refractivity contribution >= 4 is 23.3 Å².